The number of primary amides is 1. The average molecular weight is 224 g/mol. The molecular formula is C11H20N4O. The number of carbonyl (C=O) groups excluding carboxylic acids is 1. The van der Waals surface area contributed by atoms with Crippen molar-refractivity contribution < 1.29 is 4.79 Å². The third-order valence-electron chi connectivity index (χ3n) is 2.83. The number of aromatic nitrogens is 2. The summed E-state index contributed by atoms with van der Waals surface area (Å²) in [5.74, 6) is 0.566. The molecule has 1 amide bonds. The minimum absolute atomic E-state index is 0.439. The van der Waals surface area contributed by atoms with Crippen LogP contribution in [0.3, 0.4) is 0 Å². The third-order valence-corrected chi connectivity index (χ3v) is 2.83. The molecule has 1 unspecified atom stereocenters. The first kappa shape index (κ1) is 12.7. The van der Waals surface area contributed by atoms with Crippen LogP contribution in [0, 0.1) is 6.92 Å². The lowest BCUT2D eigenvalue weighted by atomic mass is 9.95. The molecule has 1 aromatic heterocycles. The van der Waals surface area contributed by atoms with Gasteiger partial charge < -0.3 is 16.0 Å². The molecule has 0 spiro atoms. The summed E-state index contributed by atoms with van der Waals surface area (Å²) in [7, 11) is 0. The fraction of sp³-hybridized carbons (Fsp3) is 0.636. The van der Waals surface area contributed by atoms with Gasteiger partial charge in [0.2, 0.25) is 5.91 Å². The highest BCUT2D eigenvalue weighted by Gasteiger charge is 2.24. The van der Waals surface area contributed by atoms with Gasteiger partial charge in [0.15, 0.2) is 0 Å². The number of hydrogen-bond acceptors (Lipinski definition) is 3. The van der Waals surface area contributed by atoms with Gasteiger partial charge in [0.1, 0.15) is 5.82 Å². The molecule has 90 valence electrons. The van der Waals surface area contributed by atoms with Crippen LogP contribution in [0.4, 0.5) is 0 Å². The summed E-state index contributed by atoms with van der Waals surface area (Å²) < 4.78 is 2.08. The first-order chi connectivity index (χ1) is 7.43. The standard InChI is InChI=1S/C11H20N4O/c1-9-14-6-8-15(9)7-4-3-5-11(2,13)10(12)16/h6,8H,3-5,7,13H2,1-2H3,(H2,12,16). The summed E-state index contributed by atoms with van der Waals surface area (Å²) in [6.45, 7) is 4.55. The number of unbranched alkanes of at least 4 members (excludes halogenated alkanes) is 1. The summed E-state index contributed by atoms with van der Waals surface area (Å²) in [5.41, 5.74) is 10.1. The third kappa shape index (κ3) is 3.34. The molecule has 4 N–H and O–H groups in total. The maximum atomic E-state index is 11.0. The minimum atomic E-state index is -0.885. The zero-order chi connectivity index (χ0) is 12.2. The molecule has 0 aliphatic rings. The van der Waals surface area contributed by atoms with Crippen LogP contribution >= 0.6 is 0 Å². The van der Waals surface area contributed by atoms with E-state index in [2.05, 4.69) is 9.55 Å². The molecule has 1 rings (SSSR count). The maximum absolute atomic E-state index is 11.0. The molecule has 0 saturated heterocycles. The van der Waals surface area contributed by atoms with Crippen molar-refractivity contribution in [1.82, 2.24) is 9.55 Å². The van der Waals surface area contributed by atoms with E-state index in [1.807, 2.05) is 13.1 Å². The van der Waals surface area contributed by atoms with Gasteiger partial charge in [-0.15, -0.1) is 0 Å². The van der Waals surface area contributed by atoms with Crippen LogP contribution in [0.5, 0.6) is 0 Å². The number of hydrogen-bond donors (Lipinski definition) is 2. The molecule has 1 atom stereocenters. The second kappa shape index (κ2) is 5.12. The van der Waals surface area contributed by atoms with Gasteiger partial charge >= 0.3 is 0 Å². The number of aryl methyl sites for hydroxylation is 2. The van der Waals surface area contributed by atoms with Crippen LogP contribution in [0.2, 0.25) is 0 Å². The Morgan fingerprint density at radius 2 is 2.25 bits per heavy atom. The van der Waals surface area contributed by atoms with Crippen molar-refractivity contribution >= 4 is 5.91 Å². The van der Waals surface area contributed by atoms with Gasteiger partial charge in [-0.2, -0.15) is 0 Å². The summed E-state index contributed by atoms with van der Waals surface area (Å²) in [6, 6.07) is 0. The van der Waals surface area contributed by atoms with Crippen molar-refractivity contribution in [3.05, 3.63) is 18.2 Å². The van der Waals surface area contributed by atoms with Crippen molar-refractivity contribution in [2.45, 2.75) is 45.2 Å². The Kier molecular flexibility index (Phi) is 4.06. The highest BCUT2D eigenvalue weighted by Crippen LogP contribution is 2.11. The zero-order valence-corrected chi connectivity index (χ0v) is 9.94. The lowest BCUT2D eigenvalue weighted by Gasteiger charge is -2.20. The Morgan fingerprint density at radius 3 is 2.75 bits per heavy atom. The molecule has 1 aromatic rings. The van der Waals surface area contributed by atoms with Crippen LogP contribution < -0.4 is 11.5 Å². The highest BCUT2D eigenvalue weighted by molar-refractivity contribution is 5.83. The molecule has 0 saturated carbocycles. The summed E-state index contributed by atoms with van der Waals surface area (Å²) >= 11 is 0. The molecule has 0 fully saturated rings. The zero-order valence-electron chi connectivity index (χ0n) is 9.94. The molecule has 0 aromatic carbocycles. The lowest BCUT2D eigenvalue weighted by molar-refractivity contribution is -0.122. The van der Waals surface area contributed by atoms with Crippen molar-refractivity contribution in [1.29, 1.82) is 0 Å². The molecular weight excluding hydrogens is 204 g/mol. The molecule has 5 nitrogen and oxygen atoms in total. The van der Waals surface area contributed by atoms with Crippen molar-refractivity contribution in [3.8, 4) is 0 Å². The first-order valence-electron chi connectivity index (χ1n) is 5.50. The number of nitrogens with two attached hydrogens (primary N) is 2. The fourth-order valence-corrected chi connectivity index (χ4v) is 1.54. The Bertz CT molecular complexity index is 357. The van der Waals surface area contributed by atoms with E-state index in [1.165, 1.54) is 0 Å². The monoisotopic (exact) mass is 224 g/mol. The van der Waals surface area contributed by atoms with Crippen molar-refractivity contribution in [2.24, 2.45) is 11.5 Å². The van der Waals surface area contributed by atoms with E-state index in [9.17, 15) is 4.79 Å². The van der Waals surface area contributed by atoms with Gasteiger partial charge in [-0.1, -0.05) is 0 Å². The van der Waals surface area contributed by atoms with Gasteiger partial charge in [-0.3, -0.25) is 4.79 Å². The summed E-state index contributed by atoms with van der Waals surface area (Å²) in [4.78, 5) is 15.1. The SMILES string of the molecule is Cc1nccn1CCCCC(C)(N)C(N)=O. The van der Waals surface area contributed by atoms with Gasteiger partial charge in [-0.25, -0.2) is 4.98 Å². The fourth-order valence-electron chi connectivity index (χ4n) is 1.54. The van der Waals surface area contributed by atoms with Gasteiger partial charge in [0.05, 0.1) is 5.54 Å². The second-order valence-electron chi connectivity index (χ2n) is 4.41. The number of imidazole rings is 1. The van der Waals surface area contributed by atoms with E-state index in [0.717, 1.165) is 25.2 Å². The van der Waals surface area contributed by atoms with Crippen LogP contribution in [0.25, 0.3) is 0 Å². The second-order valence-corrected chi connectivity index (χ2v) is 4.41. The molecule has 16 heavy (non-hydrogen) atoms. The highest BCUT2D eigenvalue weighted by atomic mass is 16.1. The number of amides is 1. The predicted octanol–water partition coefficient (Wildman–Crippen LogP) is 0.565. The lowest BCUT2D eigenvalue weighted by Crippen LogP contribution is -2.49. The van der Waals surface area contributed by atoms with Crippen molar-refractivity contribution in [3.63, 3.8) is 0 Å². The van der Waals surface area contributed by atoms with Gasteiger partial charge in [0.25, 0.3) is 0 Å². The van der Waals surface area contributed by atoms with Gasteiger partial charge in [0, 0.05) is 18.9 Å². The molecule has 5 heteroatoms. The topological polar surface area (TPSA) is 86.9 Å². The Balaban J connectivity index is 2.27. The van der Waals surface area contributed by atoms with Crippen LogP contribution in [0.15, 0.2) is 12.4 Å². The summed E-state index contributed by atoms with van der Waals surface area (Å²) in [6.07, 6.45) is 6.21. The molecule has 1 heterocycles. The van der Waals surface area contributed by atoms with Crippen molar-refractivity contribution in [2.75, 3.05) is 0 Å². The van der Waals surface area contributed by atoms with Crippen LogP contribution in [-0.4, -0.2) is 21.0 Å². The Morgan fingerprint density at radius 1 is 1.56 bits per heavy atom. The quantitative estimate of drug-likeness (QED) is 0.692. The number of carbonyl (C=O) groups is 1. The number of nitrogens with zero attached hydrogens (tertiary/aromatic N) is 2. The van der Waals surface area contributed by atoms with E-state index in [1.54, 1.807) is 13.1 Å². The smallest absolute Gasteiger partial charge is 0.237 e. The normalized spacial score (nSPS) is 14.7. The predicted molar refractivity (Wildman–Crippen MR) is 62.6 cm³/mol. The van der Waals surface area contributed by atoms with E-state index in [-0.39, 0.29) is 0 Å². The summed E-state index contributed by atoms with van der Waals surface area (Å²) in [5, 5.41) is 0. The van der Waals surface area contributed by atoms with E-state index >= 15 is 0 Å². The molecule has 0 bridgehead atoms. The average Bonchev–Trinajstić information content (AvgIpc) is 2.59. The van der Waals surface area contributed by atoms with Crippen LogP contribution in [-0.2, 0) is 11.3 Å². The Labute approximate surface area is 95.8 Å². The van der Waals surface area contributed by atoms with Gasteiger partial charge in [-0.05, 0) is 33.1 Å². The first-order valence-corrected chi connectivity index (χ1v) is 5.50. The number of rotatable bonds is 6. The molecule has 0 radical (unpaired) electrons. The molecule has 0 aliphatic carbocycles. The van der Waals surface area contributed by atoms with E-state index in [4.69, 9.17) is 11.5 Å². The minimum Gasteiger partial charge on any atom is -0.368 e. The van der Waals surface area contributed by atoms with E-state index < -0.39 is 11.4 Å². The molecule has 0 aliphatic heterocycles. The maximum Gasteiger partial charge on any atom is 0.237 e. The van der Waals surface area contributed by atoms with E-state index in [0.29, 0.717) is 6.42 Å². The largest absolute Gasteiger partial charge is 0.368 e. The Hall–Kier alpha value is -1.36. The van der Waals surface area contributed by atoms with Crippen LogP contribution in [0.1, 0.15) is 32.0 Å².